The third kappa shape index (κ3) is 3.31. The summed E-state index contributed by atoms with van der Waals surface area (Å²) < 4.78 is 13.5. The molecule has 19 heavy (non-hydrogen) atoms. The van der Waals surface area contributed by atoms with Crippen molar-refractivity contribution in [3.63, 3.8) is 0 Å². The maximum Gasteiger partial charge on any atom is 0.257 e. The number of carbonyl (C=O) groups excluding carboxylic acids is 1. The zero-order chi connectivity index (χ0) is 14.0. The minimum Gasteiger partial charge on any atom is -0.305 e. The Bertz CT molecular complexity index is 610. The number of carbonyl (C=O) groups is 1. The molecule has 1 aromatic heterocycles. The quantitative estimate of drug-likeness (QED) is 0.809. The minimum absolute atomic E-state index is 0.300. The second-order valence-electron chi connectivity index (χ2n) is 4.44. The van der Waals surface area contributed by atoms with Gasteiger partial charge in [-0.1, -0.05) is 13.8 Å². The fourth-order valence-electron chi connectivity index (χ4n) is 1.55. The van der Waals surface area contributed by atoms with Crippen LogP contribution in [0.3, 0.4) is 0 Å². The van der Waals surface area contributed by atoms with E-state index in [4.69, 9.17) is 0 Å². The van der Waals surface area contributed by atoms with Crippen LogP contribution in [-0.2, 0) is 0 Å². The minimum atomic E-state index is -0.359. The molecule has 1 amide bonds. The molecule has 4 nitrogen and oxygen atoms in total. The van der Waals surface area contributed by atoms with Crippen LogP contribution in [0.2, 0.25) is 0 Å². The molecule has 1 heterocycles. The Labute approximate surface area is 123 Å². The van der Waals surface area contributed by atoms with Crippen molar-refractivity contribution in [2.75, 3.05) is 5.32 Å². The van der Waals surface area contributed by atoms with Crippen molar-refractivity contribution in [1.29, 1.82) is 0 Å². The molecule has 2 aromatic rings. The van der Waals surface area contributed by atoms with Crippen LogP contribution < -0.4 is 5.32 Å². The van der Waals surface area contributed by atoms with Crippen LogP contribution in [0.5, 0.6) is 0 Å². The van der Waals surface area contributed by atoms with Crippen molar-refractivity contribution < 1.29 is 9.18 Å². The summed E-state index contributed by atoms with van der Waals surface area (Å²) in [5.74, 6) is 0.118. The van der Waals surface area contributed by atoms with E-state index < -0.39 is 0 Å². The van der Waals surface area contributed by atoms with Crippen LogP contribution in [0.25, 0.3) is 0 Å². The standard InChI is InChI=1S/C13H13FIN3O/c1-7(2)11-6-12(18-17-11)16-13(19)9-4-3-8(14)5-10(9)15/h3-7H,1-2H3,(H2,16,17,18,19). The number of hydrogen-bond acceptors (Lipinski definition) is 2. The molecule has 0 fully saturated rings. The van der Waals surface area contributed by atoms with Gasteiger partial charge in [0.2, 0.25) is 0 Å². The lowest BCUT2D eigenvalue weighted by Gasteiger charge is -2.04. The van der Waals surface area contributed by atoms with Crippen molar-refractivity contribution in [3.05, 3.63) is 44.9 Å². The van der Waals surface area contributed by atoms with Crippen molar-refractivity contribution in [1.82, 2.24) is 10.2 Å². The molecule has 0 saturated carbocycles. The van der Waals surface area contributed by atoms with E-state index >= 15 is 0 Å². The van der Waals surface area contributed by atoms with E-state index in [0.29, 0.717) is 20.9 Å². The maximum atomic E-state index is 13.0. The summed E-state index contributed by atoms with van der Waals surface area (Å²) in [7, 11) is 0. The van der Waals surface area contributed by atoms with Crippen LogP contribution in [-0.4, -0.2) is 16.1 Å². The molecule has 0 saturated heterocycles. The van der Waals surface area contributed by atoms with E-state index in [0.717, 1.165) is 5.69 Å². The number of aromatic nitrogens is 2. The van der Waals surface area contributed by atoms with Gasteiger partial charge in [0.1, 0.15) is 5.82 Å². The Morgan fingerprint density at radius 1 is 1.42 bits per heavy atom. The van der Waals surface area contributed by atoms with Gasteiger partial charge in [0, 0.05) is 15.3 Å². The molecule has 2 N–H and O–H groups in total. The van der Waals surface area contributed by atoms with Crippen molar-refractivity contribution in [2.45, 2.75) is 19.8 Å². The number of anilines is 1. The highest BCUT2D eigenvalue weighted by Gasteiger charge is 2.13. The second-order valence-corrected chi connectivity index (χ2v) is 5.60. The molecule has 0 radical (unpaired) electrons. The summed E-state index contributed by atoms with van der Waals surface area (Å²) >= 11 is 1.93. The Morgan fingerprint density at radius 3 is 2.74 bits per heavy atom. The van der Waals surface area contributed by atoms with Crippen molar-refractivity contribution in [2.24, 2.45) is 0 Å². The fourth-order valence-corrected chi connectivity index (χ4v) is 2.28. The monoisotopic (exact) mass is 373 g/mol. The molecule has 1 aromatic carbocycles. The number of amides is 1. The molecule has 0 bridgehead atoms. The highest BCUT2D eigenvalue weighted by molar-refractivity contribution is 14.1. The van der Waals surface area contributed by atoms with E-state index in [2.05, 4.69) is 15.5 Å². The largest absolute Gasteiger partial charge is 0.305 e. The molecule has 0 aliphatic rings. The molecule has 0 atom stereocenters. The number of aromatic amines is 1. The number of rotatable bonds is 3. The van der Waals surface area contributed by atoms with Crippen molar-refractivity contribution >= 4 is 34.3 Å². The van der Waals surface area contributed by atoms with Gasteiger partial charge in [0.25, 0.3) is 5.91 Å². The van der Waals surface area contributed by atoms with E-state index in [-0.39, 0.29) is 11.7 Å². The topological polar surface area (TPSA) is 57.8 Å². The summed E-state index contributed by atoms with van der Waals surface area (Å²) in [6.07, 6.45) is 0. The van der Waals surface area contributed by atoms with E-state index in [1.54, 1.807) is 6.07 Å². The Balaban J connectivity index is 2.16. The highest BCUT2D eigenvalue weighted by Crippen LogP contribution is 2.18. The highest BCUT2D eigenvalue weighted by atomic mass is 127. The number of H-pyrrole nitrogens is 1. The Hall–Kier alpha value is -1.44. The summed E-state index contributed by atoms with van der Waals surface area (Å²) in [6, 6.07) is 5.84. The molecule has 100 valence electrons. The van der Waals surface area contributed by atoms with Crippen LogP contribution >= 0.6 is 22.6 Å². The molecule has 0 spiro atoms. The predicted molar refractivity (Wildman–Crippen MR) is 79.7 cm³/mol. The third-order valence-electron chi connectivity index (χ3n) is 2.64. The number of nitrogens with one attached hydrogen (secondary N) is 2. The van der Waals surface area contributed by atoms with E-state index in [1.165, 1.54) is 18.2 Å². The van der Waals surface area contributed by atoms with Gasteiger partial charge in [0.05, 0.1) is 5.56 Å². The van der Waals surface area contributed by atoms with Gasteiger partial charge in [-0.15, -0.1) is 0 Å². The number of hydrogen-bond donors (Lipinski definition) is 2. The number of benzene rings is 1. The summed E-state index contributed by atoms with van der Waals surface area (Å²) in [5, 5.41) is 9.56. The molecule has 0 unspecified atom stereocenters. The first-order valence-corrected chi connectivity index (χ1v) is 6.87. The van der Waals surface area contributed by atoms with E-state index in [9.17, 15) is 9.18 Å². The van der Waals surface area contributed by atoms with Crippen LogP contribution in [0, 0.1) is 9.39 Å². The lowest BCUT2D eigenvalue weighted by atomic mass is 10.1. The summed E-state index contributed by atoms with van der Waals surface area (Å²) in [6.45, 7) is 4.06. The first-order valence-electron chi connectivity index (χ1n) is 5.79. The van der Waals surface area contributed by atoms with E-state index in [1.807, 2.05) is 36.4 Å². The first-order chi connectivity index (χ1) is 8.97. The number of halogens is 2. The lowest BCUT2D eigenvalue weighted by Crippen LogP contribution is -2.13. The first kappa shape index (κ1) is 14.0. The third-order valence-corrected chi connectivity index (χ3v) is 3.53. The summed E-state index contributed by atoms with van der Waals surface area (Å²) in [4.78, 5) is 12.0. The average molecular weight is 373 g/mol. The Kier molecular flexibility index (Phi) is 4.18. The van der Waals surface area contributed by atoms with Gasteiger partial charge < -0.3 is 5.32 Å². The molecule has 0 aliphatic carbocycles. The molecule has 6 heteroatoms. The van der Waals surface area contributed by atoms with Crippen LogP contribution in [0.15, 0.2) is 24.3 Å². The molecular formula is C13H13FIN3O. The van der Waals surface area contributed by atoms with Gasteiger partial charge in [-0.2, -0.15) is 5.10 Å². The lowest BCUT2D eigenvalue weighted by molar-refractivity contribution is 0.102. The molecule has 2 rings (SSSR count). The normalized spacial score (nSPS) is 10.8. The van der Waals surface area contributed by atoms with Crippen LogP contribution in [0.1, 0.15) is 35.8 Å². The SMILES string of the molecule is CC(C)c1cc(NC(=O)c2ccc(F)cc2I)n[nH]1. The molecular weight excluding hydrogens is 360 g/mol. The second kappa shape index (κ2) is 5.68. The predicted octanol–water partition coefficient (Wildman–Crippen LogP) is 3.53. The van der Waals surface area contributed by atoms with Gasteiger partial charge in [0.15, 0.2) is 5.82 Å². The number of nitrogens with zero attached hydrogens (tertiary/aromatic N) is 1. The zero-order valence-corrected chi connectivity index (χ0v) is 12.7. The maximum absolute atomic E-state index is 13.0. The van der Waals surface area contributed by atoms with Crippen LogP contribution in [0.4, 0.5) is 10.2 Å². The van der Waals surface area contributed by atoms with Crippen molar-refractivity contribution in [3.8, 4) is 0 Å². The van der Waals surface area contributed by atoms with Gasteiger partial charge in [-0.3, -0.25) is 9.89 Å². The van der Waals surface area contributed by atoms with Gasteiger partial charge >= 0.3 is 0 Å². The smallest absolute Gasteiger partial charge is 0.257 e. The Morgan fingerprint density at radius 2 is 2.16 bits per heavy atom. The fraction of sp³-hybridized carbons (Fsp3) is 0.231. The van der Waals surface area contributed by atoms with Gasteiger partial charge in [-0.05, 0) is 46.7 Å². The summed E-state index contributed by atoms with van der Waals surface area (Å²) in [5.41, 5.74) is 1.38. The van der Waals surface area contributed by atoms with Gasteiger partial charge in [-0.25, -0.2) is 4.39 Å². The average Bonchev–Trinajstić information content (AvgIpc) is 2.77. The zero-order valence-electron chi connectivity index (χ0n) is 10.5. The molecule has 0 aliphatic heterocycles.